The van der Waals surface area contributed by atoms with Crippen LogP contribution in [0, 0.1) is 6.92 Å². The molecule has 0 saturated carbocycles. The molecule has 7 heteroatoms. The van der Waals surface area contributed by atoms with Crippen molar-refractivity contribution in [3.8, 4) is 5.75 Å². The molecular formula is C25H37IN4O2. The molecule has 0 bridgehead atoms. The van der Waals surface area contributed by atoms with Gasteiger partial charge in [-0.15, -0.1) is 24.0 Å². The molecule has 1 saturated heterocycles. The van der Waals surface area contributed by atoms with Crippen molar-refractivity contribution in [1.82, 2.24) is 15.5 Å². The van der Waals surface area contributed by atoms with E-state index in [9.17, 15) is 0 Å². The monoisotopic (exact) mass is 552 g/mol. The lowest BCUT2D eigenvalue weighted by molar-refractivity contribution is 0.0342. The van der Waals surface area contributed by atoms with Crippen LogP contribution >= 0.6 is 24.0 Å². The number of ether oxygens (including phenoxy) is 2. The number of nitrogens with zero attached hydrogens (tertiary/aromatic N) is 2. The average Bonchev–Trinajstić information content (AvgIpc) is 2.78. The van der Waals surface area contributed by atoms with E-state index in [0.29, 0.717) is 19.7 Å². The highest BCUT2D eigenvalue weighted by atomic mass is 127. The van der Waals surface area contributed by atoms with Gasteiger partial charge in [-0.05, 0) is 43.5 Å². The summed E-state index contributed by atoms with van der Waals surface area (Å²) < 4.78 is 11.3. The number of hydrogen-bond acceptors (Lipinski definition) is 4. The van der Waals surface area contributed by atoms with Crippen LogP contribution < -0.4 is 15.4 Å². The zero-order valence-electron chi connectivity index (χ0n) is 19.5. The fourth-order valence-electron chi connectivity index (χ4n) is 3.63. The molecule has 32 heavy (non-hydrogen) atoms. The Hall–Kier alpha value is -1.84. The van der Waals surface area contributed by atoms with Gasteiger partial charge in [-0.25, -0.2) is 4.99 Å². The Kier molecular flexibility index (Phi) is 11.8. The van der Waals surface area contributed by atoms with Crippen molar-refractivity contribution < 1.29 is 9.47 Å². The zero-order valence-corrected chi connectivity index (χ0v) is 21.9. The van der Waals surface area contributed by atoms with Gasteiger partial charge in [0.05, 0.1) is 26.4 Å². The Morgan fingerprint density at radius 1 is 1.06 bits per heavy atom. The molecule has 3 rings (SSSR count). The first-order valence-electron chi connectivity index (χ1n) is 11.3. The number of guanidine groups is 1. The number of morpholine rings is 1. The van der Waals surface area contributed by atoms with E-state index in [1.54, 1.807) is 0 Å². The minimum atomic E-state index is 0. The first-order chi connectivity index (χ1) is 15.2. The summed E-state index contributed by atoms with van der Waals surface area (Å²) in [5.74, 6) is 1.74. The molecule has 6 nitrogen and oxygen atoms in total. The molecule has 0 aromatic heterocycles. The highest BCUT2D eigenvalue weighted by molar-refractivity contribution is 14.0. The first-order valence-corrected chi connectivity index (χ1v) is 11.3. The molecule has 1 aliphatic heterocycles. The minimum absolute atomic E-state index is 0. The maximum Gasteiger partial charge on any atom is 0.191 e. The standard InChI is InChI=1S/C25H36N4O2.HI/c1-4-26-25(28-18-23-10-9-20(3)15-24(23)31-5-2)27-17-21-7-6-8-22(16-21)19-29-11-13-30-14-12-29;/h6-10,15-16H,4-5,11-14,17-19H2,1-3H3,(H2,26,27,28);1H. The van der Waals surface area contributed by atoms with Crippen LogP contribution in [0.2, 0.25) is 0 Å². The molecule has 1 aliphatic rings. The number of nitrogens with one attached hydrogen (secondary N) is 2. The molecule has 2 aromatic rings. The Labute approximate surface area is 209 Å². The van der Waals surface area contributed by atoms with E-state index in [0.717, 1.165) is 56.7 Å². The molecular weight excluding hydrogens is 515 g/mol. The lowest BCUT2D eigenvalue weighted by Gasteiger charge is -2.26. The van der Waals surface area contributed by atoms with E-state index in [2.05, 4.69) is 71.8 Å². The van der Waals surface area contributed by atoms with Gasteiger partial charge >= 0.3 is 0 Å². The fourth-order valence-corrected chi connectivity index (χ4v) is 3.63. The summed E-state index contributed by atoms with van der Waals surface area (Å²) in [7, 11) is 0. The number of halogens is 1. The number of benzene rings is 2. The molecule has 2 N–H and O–H groups in total. The summed E-state index contributed by atoms with van der Waals surface area (Å²) in [6.45, 7) is 13.6. The van der Waals surface area contributed by atoms with Crippen LogP contribution in [0.25, 0.3) is 0 Å². The summed E-state index contributed by atoms with van der Waals surface area (Å²) in [6.07, 6.45) is 0. The molecule has 2 aromatic carbocycles. The quantitative estimate of drug-likeness (QED) is 0.279. The SMILES string of the molecule is CCNC(=NCc1cccc(CN2CCOCC2)c1)NCc1ccc(C)cc1OCC.I. The van der Waals surface area contributed by atoms with Gasteiger partial charge in [0.15, 0.2) is 5.96 Å². The van der Waals surface area contributed by atoms with Crippen molar-refractivity contribution in [3.63, 3.8) is 0 Å². The van der Waals surface area contributed by atoms with Crippen molar-refractivity contribution in [2.24, 2.45) is 4.99 Å². The van der Waals surface area contributed by atoms with Gasteiger partial charge in [0, 0.05) is 38.3 Å². The van der Waals surface area contributed by atoms with Gasteiger partial charge in [0.25, 0.3) is 0 Å². The van der Waals surface area contributed by atoms with E-state index in [1.807, 2.05) is 6.92 Å². The third-order valence-electron chi connectivity index (χ3n) is 5.23. The van der Waals surface area contributed by atoms with E-state index in [4.69, 9.17) is 14.5 Å². The third kappa shape index (κ3) is 8.60. The van der Waals surface area contributed by atoms with Crippen LogP contribution in [0.3, 0.4) is 0 Å². The predicted molar refractivity (Wildman–Crippen MR) is 142 cm³/mol. The summed E-state index contributed by atoms with van der Waals surface area (Å²) >= 11 is 0. The molecule has 0 aliphatic carbocycles. The van der Waals surface area contributed by atoms with Crippen molar-refractivity contribution in [2.75, 3.05) is 39.5 Å². The highest BCUT2D eigenvalue weighted by Crippen LogP contribution is 2.20. The smallest absolute Gasteiger partial charge is 0.191 e. The normalized spacial score (nSPS) is 14.5. The molecule has 0 radical (unpaired) electrons. The van der Waals surface area contributed by atoms with Crippen LogP contribution in [0.4, 0.5) is 0 Å². The Morgan fingerprint density at radius 3 is 2.59 bits per heavy atom. The first kappa shape index (κ1) is 26.4. The molecule has 1 fully saturated rings. The summed E-state index contributed by atoms with van der Waals surface area (Å²) in [5.41, 5.74) is 4.87. The number of rotatable bonds is 9. The van der Waals surface area contributed by atoms with Crippen LogP contribution in [0.1, 0.15) is 36.1 Å². The molecule has 0 amide bonds. The Morgan fingerprint density at radius 2 is 1.84 bits per heavy atom. The summed E-state index contributed by atoms with van der Waals surface area (Å²) in [4.78, 5) is 7.24. The minimum Gasteiger partial charge on any atom is -0.494 e. The molecule has 0 unspecified atom stereocenters. The van der Waals surface area contributed by atoms with Gasteiger partial charge in [-0.3, -0.25) is 4.90 Å². The maximum atomic E-state index is 5.80. The lowest BCUT2D eigenvalue weighted by Crippen LogP contribution is -2.36. The van der Waals surface area contributed by atoms with Crippen LogP contribution in [0.5, 0.6) is 5.75 Å². The van der Waals surface area contributed by atoms with E-state index in [1.165, 1.54) is 16.7 Å². The third-order valence-corrected chi connectivity index (χ3v) is 5.23. The Balaban J connectivity index is 0.00000363. The molecule has 176 valence electrons. The second kappa shape index (κ2) is 14.3. The largest absolute Gasteiger partial charge is 0.494 e. The Bertz CT molecular complexity index is 854. The summed E-state index contributed by atoms with van der Waals surface area (Å²) in [6, 6.07) is 15.0. The second-order valence-electron chi connectivity index (χ2n) is 7.80. The number of aryl methyl sites for hydroxylation is 1. The molecule has 0 spiro atoms. The van der Waals surface area contributed by atoms with E-state index >= 15 is 0 Å². The van der Waals surface area contributed by atoms with Gasteiger partial charge in [0.2, 0.25) is 0 Å². The topological polar surface area (TPSA) is 58.1 Å². The van der Waals surface area contributed by atoms with Crippen molar-refractivity contribution >= 4 is 29.9 Å². The number of aliphatic imine (C=N–C) groups is 1. The second-order valence-corrected chi connectivity index (χ2v) is 7.80. The fraction of sp³-hybridized carbons (Fsp3) is 0.480. The van der Waals surface area contributed by atoms with Crippen LogP contribution in [-0.4, -0.2) is 50.3 Å². The van der Waals surface area contributed by atoms with E-state index < -0.39 is 0 Å². The molecule has 1 heterocycles. The van der Waals surface area contributed by atoms with Crippen LogP contribution in [0.15, 0.2) is 47.5 Å². The average molecular weight is 553 g/mol. The van der Waals surface area contributed by atoms with Gasteiger partial charge in [-0.2, -0.15) is 0 Å². The van der Waals surface area contributed by atoms with Crippen LogP contribution in [-0.2, 0) is 24.4 Å². The predicted octanol–water partition coefficient (Wildman–Crippen LogP) is 4.10. The zero-order chi connectivity index (χ0) is 21.9. The van der Waals surface area contributed by atoms with E-state index in [-0.39, 0.29) is 24.0 Å². The van der Waals surface area contributed by atoms with Gasteiger partial charge < -0.3 is 20.1 Å². The van der Waals surface area contributed by atoms with Gasteiger partial charge in [-0.1, -0.05) is 36.4 Å². The van der Waals surface area contributed by atoms with Crippen molar-refractivity contribution in [2.45, 2.75) is 40.4 Å². The molecule has 0 atom stereocenters. The lowest BCUT2D eigenvalue weighted by atomic mass is 10.1. The van der Waals surface area contributed by atoms with Crippen molar-refractivity contribution in [1.29, 1.82) is 0 Å². The van der Waals surface area contributed by atoms with Gasteiger partial charge in [0.1, 0.15) is 5.75 Å². The maximum absolute atomic E-state index is 5.80. The number of hydrogen-bond donors (Lipinski definition) is 2. The van der Waals surface area contributed by atoms with Crippen molar-refractivity contribution in [3.05, 3.63) is 64.7 Å². The highest BCUT2D eigenvalue weighted by Gasteiger charge is 2.11. The summed E-state index contributed by atoms with van der Waals surface area (Å²) in [5, 5.41) is 6.78.